The fraction of sp³-hybridized carbons (Fsp3) is 0.111. The zero-order valence-electron chi connectivity index (χ0n) is 7.60. The van der Waals surface area contributed by atoms with E-state index in [1.807, 2.05) is 0 Å². The van der Waals surface area contributed by atoms with Crippen LogP contribution >= 0.6 is 35.2 Å². The summed E-state index contributed by atoms with van der Waals surface area (Å²) in [5.74, 6) is 0. The van der Waals surface area contributed by atoms with Gasteiger partial charge in [-0.05, 0) is 23.8 Å². The number of anilines is 1. The lowest BCUT2D eigenvalue weighted by Gasteiger charge is -2.06. The van der Waals surface area contributed by atoms with Crippen LogP contribution in [0.25, 0.3) is 6.08 Å². The van der Waals surface area contributed by atoms with Crippen LogP contribution in [0, 0.1) is 0 Å². The van der Waals surface area contributed by atoms with E-state index in [1.54, 1.807) is 0 Å². The summed E-state index contributed by atoms with van der Waals surface area (Å²) in [5.41, 5.74) is 0.755. The van der Waals surface area contributed by atoms with Crippen molar-refractivity contribution in [3.63, 3.8) is 0 Å². The predicted molar refractivity (Wildman–Crippen MR) is 60.5 cm³/mol. The Morgan fingerprint density at radius 1 is 1.12 bits per heavy atom. The van der Waals surface area contributed by atoms with Crippen molar-refractivity contribution >= 4 is 46.9 Å². The third kappa shape index (κ3) is 3.77. The first-order valence-corrected chi connectivity index (χ1v) is 5.02. The number of allylic oxidation sites excluding steroid dienone is 1. The van der Waals surface area contributed by atoms with Crippen molar-refractivity contribution < 1.29 is 13.2 Å². The Labute approximate surface area is 105 Å². The molecule has 0 aromatic heterocycles. The van der Waals surface area contributed by atoms with Crippen LogP contribution in [0.4, 0.5) is 18.9 Å². The highest BCUT2D eigenvalue weighted by Crippen LogP contribution is 2.30. The Bertz CT molecular complexity index is 384. The van der Waals surface area contributed by atoms with Gasteiger partial charge in [0.25, 0.3) is 0 Å². The highest BCUT2D eigenvalue weighted by Gasteiger charge is 2.32. The van der Waals surface area contributed by atoms with E-state index in [0.717, 1.165) is 10.0 Å². The third-order valence-corrected chi connectivity index (χ3v) is 2.37. The Kier molecular flexibility index (Phi) is 4.35. The quantitative estimate of drug-likeness (QED) is 0.697. The van der Waals surface area contributed by atoms with E-state index in [4.69, 9.17) is 35.2 Å². The molecule has 1 aromatic rings. The molecule has 0 amide bonds. The number of alkyl halides is 3. The highest BCUT2D eigenvalue weighted by atomic mass is 35.5. The second-order valence-electron chi connectivity index (χ2n) is 2.81. The lowest BCUT2D eigenvalue weighted by Crippen LogP contribution is -2.06. The van der Waals surface area contributed by atoms with Crippen LogP contribution in [0.15, 0.2) is 29.3 Å². The van der Waals surface area contributed by atoms with Gasteiger partial charge in [0.1, 0.15) is 5.03 Å². The summed E-state index contributed by atoms with van der Waals surface area (Å²) in [5, 5.41) is -1.19. The molecule has 0 unspecified atom stereocenters. The molecule has 88 valence electrons. The molecule has 0 aliphatic rings. The van der Waals surface area contributed by atoms with Crippen molar-refractivity contribution in [3.8, 4) is 0 Å². The van der Waals surface area contributed by atoms with Gasteiger partial charge in [0, 0.05) is 23.6 Å². The van der Waals surface area contributed by atoms with Gasteiger partial charge in [-0.15, -0.1) is 0 Å². The van der Waals surface area contributed by atoms with Gasteiger partial charge in [0.15, 0.2) is 0 Å². The van der Waals surface area contributed by atoms with Gasteiger partial charge in [-0.3, -0.25) is 0 Å². The molecule has 0 aliphatic heterocycles. The molecule has 7 heteroatoms. The molecule has 0 heterocycles. The molecule has 1 aromatic carbocycles. The number of hydrogen-bond acceptors (Lipinski definition) is 1. The zero-order chi connectivity index (χ0) is 12.3. The van der Waals surface area contributed by atoms with Crippen molar-refractivity contribution in [1.29, 1.82) is 0 Å². The predicted octanol–water partition coefficient (Wildman–Crippen LogP) is 4.94. The maximum absolute atomic E-state index is 12.1. The number of rotatable bonds is 2. The van der Waals surface area contributed by atoms with Crippen molar-refractivity contribution in [1.82, 2.24) is 0 Å². The molecule has 1 nitrogen and oxygen atoms in total. The van der Waals surface area contributed by atoms with Crippen LogP contribution in [0.5, 0.6) is 0 Å². The first kappa shape index (κ1) is 13.5. The van der Waals surface area contributed by atoms with Crippen molar-refractivity contribution in [2.75, 3.05) is 3.94 Å². The summed E-state index contributed by atoms with van der Waals surface area (Å²) < 4.78 is 37.1. The normalized spacial score (nSPS) is 12.8. The first-order chi connectivity index (χ1) is 7.30. The van der Waals surface area contributed by atoms with E-state index < -0.39 is 11.2 Å². The zero-order valence-corrected chi connectivity index (χ0v) is 9.87. The average molecular weight is 290 g/mol. The molecule has 0 spiro atoms. The van der Waals surface area contributed by atoms with Gasteiger partial charge in [-0.2, -0.15) is 17.1 Å². The fourth-order valence-electron chi connectivity index (χ4n) is 0.911. The van der Waals surface area contributed by atoms with Crippen LogP contribution in [0.2, 0.25) is 0 Å². The van der Waals surface area contributed by atoms with E-state index in [1.165, 1.54) is 24.3 Å². The standard InChI is InChI=1S/C9H5Cl3F3N/c10-8(9(13,14)15)5-6-1-3-7(4-2-6)16(11)12/h1-5H. The molecule has 0 atom stereocenters. The third-order valence-electron chi connectivity index (χ3n) is 1.65. The first-order valence-electron chi connectivity index (χ1n) is 3.97. The topological polar surface area (TPSA) is 3.24 Å². The lowest BCUT2D eigenvalue weighted by molar-refractivity contribution is -0.0836. The minimum atomic E-state index is -4.54. The second-order valence-corrected chi connectivity index (χ2v) is 4.07. The molecule has 0 saturated carbocycles. The van der Waals surface area contributed by atoms with E-state index in [0.29, 0.717) is 11.3 Å². The number of nitrogens with zero attached hydrogens (tertiary/aromatic N) is 1. The summed E-state index contributed by atoms with van der Waals surface area (Å²) in [6.45, 7) is 0. The van der Waals surface area contributed by atoms with Gasteiger partial charge in [0.2, 0.25) is 0 Å². The molecule has 16 heavy (non-hydrogen) atoms. The summed E-state index contributed by atoms with van der Waals surface area (Å²) in [6, 6.07) is 5.77. The molecule has 0 saturated heterocycles. The smallest absolute Gasteiger partial charge is 0.194 e. The van der Waals surface area contributed by atoms with Crippen LogP contribution in [0.3, 0.4) is 0 Å². The molecular formula is C9H5Cl3F3N. The molecule has 0 fully saturated rings. The van der Waals surface area contributed by atoms with Crippen molar-refractivity contribution in [2.45, 2.75) is 6.18 Å². The summed E-state index contributed by atoms with van der Waals surface area (Å²) in [7, 11) is 0. The Morgan fingerprint density at radius 2 is 1.62 bits per heavy atom. The van der Waals surface area contributed by atoms with E-state index in [9.17, 15) is 13.2 Å². The van der Waals surface area contributed by atoms with E-state index in [-0.39, 0.29) is 0 Å². The van der Waals surface area contributed by atoms with Crippen molar-refractivity contribution in [3.05, 3.63) is 34.9 Å². The minimum Gasteiger partial charge on any atom is -0.194 e. The Morgan fingerprint density at radius 3 is 2.00 bits per heavy atom. The molecule has 0 radical (unpaired) electrons. The summed E-state index contributed by atoms with van der Waals surface area (Å²) in [6.07, 6.45) is -3.72. The molecule has 1 rings (SSSR count). The fourth-order valence-corrected chi connectivity index (χ4v) is 1.26. The molecular weight excluding hydrogens is 285 g/mol. The van der Waals surface area contributed by atoms with Gasteiger partial charge >= 0.3 is 6.18 Å². The molecule has 0 N–H and O–H groups in total. The second kappa shape index (κ2) is 5.17. The number of benzene rings is 1. The minimum absolute atomic E-state index is 0.307. The summed E-state index contributed by atoms with van der Waals surface area (Å²) >= 11 is 15.9. The number of halogens is 6. The molecule has 0 aliphatic carbocycles. The molecule has 0 bridgehead atoms. The van der Waals surface area contributed by atoms with Crippen LogP contribution in [0.1, 0.15) is 5.56 Å². The van der Waals surface area contributed by atoms with Crippen LogP contribution in [-0.2, 0) is 0 Å². The van der Waals surface area contributed by atoms with Gasteiger partial charge in [-0.25, -0.2) is 0 Å². The SMILES string of the molecule is FC(F)(F)C(Cl)=Cc1ccc(N(Cl)Cl)cc1. The van der Waals surface area contributed by atoms with Gasteiger partial charge in [0.05, 0.1) is 5.69 Å². The summed E-state index contributed by atoms with van der Waals surface area (Å²) in [4.78, 5) is 0. The van der Waals surface area contributed by atoms with Crippen LogP contribution in [-0.4, -0.2) is 6.18 Å². The van der Waals surface area contributed by atoms with E-state index in [2.05, 4.69) is 0 Å². The van der Waals surface area contributed by atoms with Crippen molar-refractivity contribution in [2.24, 2.45) is 0 Å². The monoisotopic (exact) mass is 289 g/mol. The van der Waals surface area contributed by atoms with Gasteiger partial charge < -0.3 is 0 Å². The number of hydrogen-bond donors (Lipinski definition) is 0. The maximum Gasteiger partial charge on any atom is 0.426 e. The Balaban J connectivity index is 2.92. The maximum atomic E-state index is 12.1. The van der Waals surface area contributed by atoms with Gasteiger partial charge in [-0.1, -0.05) is 23.7 Å². The Hall–Kier alpha value is -0.580. The van der Waals surface area contributed by atoms with Crippen LogP contribution < -0.4 is 3.94 Å². The largest absolute Gasteiger partial charge is 0.426 e. The highest BCUT2D eigenvalue weighted by molar-refractivity contribution is 6.49. The lowest BCUT2D eigenvalue weighted by atomic mass is 10.2. The van der Waals surface area contributed by atoms with E-state index >= 15 is 0 Å². The average Bonchev–Trinajstić information content (AvgIpc) is 2.17.